The summed E-state index contributed by atoms with van der Waals surface area (Å²) < 4.78 is 1.72. The fourth-order valence-electron chi connectivity index (χ4n) is 2.06. The first-order valence-corrected chi connectivity index (χ1v) is 6.56. The summed E-state index contributed by atoms with van der Waals surface area (Å²) in [4.78, 5) is 16.3. The lowest BCUT2D eigenvalue weighted by Gasteiger charge is -2.10. The molecule has 4 heteroatoms. The van der Waals surface area contributed by atoms with Crippen molar-refractivity contribution in [2.75, 3.05) is 11.9 Å². The zero-order valence-electron chi connectivity index (χ0n) is 11.4. The van der Waals surface area contributed by atoms with Crippen LogP contribution in [-0.4, -0.2) is 16.1 Å². The average Bonchev–Trinajstić information content (AvgIpc) is 2.43. The van der Waals surface area contributed by atoms with Gasteiger partial charge in [0.2, 0.25) is 0 Å². The summed E-state index contributed by atoms with van der Waals surface area (Å²) in [5.41, 5.74) is 2.09. The third-order valence-electron chi connectivity index (χ3n) is 3.12. The highest BCUT2D eigenvalue weighted by Crippen LogP contribution is 2.01. The van der Waals surface area contributed by atoms with Crippen molar-refractivity contribution in [2.45, 2.75) is 26.8 Å². The van der Waals surface area contributed by atoms with E-state index in [0.717, 1.165) is 12.1 Å². The van der Waals surface area contributed by atoms with E-state index in [-0.39, 0.29) is 5.56 Å². The molecular weight excluding hydrogens is 238 g/mol. The largest absolute Gasteiger partial charge is 0.365 e. The lowest BCUT2D eigenvalue weighted by Crippen LogP contribution is -2.26. The van der Waals surface area contributed by atoms with E-state index in [2.05, 4.69) is 22.4 Å². The molecule has 100 valence electrons. The van der Waals surface area contributed by atoms with Gasteiger partial charge in [0, 0.05) is 25.0 Å². The second-order valence-electron chi connectivity index (χ2n) is 4.46. The van der Waals surface area contributed by atoms with Gasteiger partial charge in [-0.05, 0) is 25.8 Å². The van der Waals surface area contributed by atoms with Crippen LogP contribution in [0.4, 0.5) is 5.82 Å². The Morgan fingerprint density at radius 3 is 2.68 bits per heavy atom. The minimum Gasteiger partial charge on any atom is -0.365 e. The summed E-state index contributed by atoms with van der Waals surface area (Å²) in [6, 6.07) is 10.2. The Morgan fingerprint density at radius 2 is 2.00 bits per heavy atom. The second-order valence-corrected chi connectivity index (χ2v) is 4.46. The molecule has 0 amide bonds. The molecule has 19 heavy (non-hydrogen) atoms. The molecule has 4 nitrogen and oxygen atoms in total. The molecule has 0 saturated heterocycles. The molecule has 0 unspecified atom stereocenters. The van der Waals surface area contributed by atoms with Crippen molar-refractivity contribution in [3.63, 3.8) is 0 Å². The number of nitrogens with zero attached hydrogens (tertiary/aromatic N) is 2. The standard InChI is InChI=1S/C15H19N3O/c1-3-18-12(2)11-17-14(15(18)19)16-10-9-13-7-5-4-6-8-13/h4-8,11H,3,9-10H2,1-2H3,(H,16,17). The maximum Gasteiger partial charge on any atom is 0.293 e. The first kappa shape index (κ1) is 13.3. The molecule has 0 bridgehead atoms. The van der Waals surface area contributed by atoms with Gasteiger partial charge in [-0.2, -0.15) is 0 Å². The molecule has 1 aromatic carbocycles. The lowest BCUT2D eigenvalue weighted by atomic mass is 10.1. The molecule has 0 radical (unpaired) electrons. The smallest absolute Gasteiger partial charge is 0.293 e. The molecule has 0 fully saturated rings. The second kappa shape index (κ2) is 6.18. The number of aromatic nitrogens is 2. The highest BCUT2D eigenvalue weighted by Gasteiger charge is 2.05. The van der Waals surface area contributed by atoms with E-state index in [0.29, 0.717) is 18.9 Å². The SMILES string of the molecule is CCn1c(C)cnc(NCCc2ccccc2)c1=O. The van der Waals surface area contributed by atoms with E-state index in [1.54, 1.807) is 10.8 Å². The minimum atomic E-state index is -0.0458. The predicted octanol–water partition coefficient (Wildman–Crippen LogP) is 2.23. The Labute approximate surface area is 113 Å². The molecule has 1 aromatic heterocycles. The van der Waals surface area contributed by atoms with Crippen molar-refractivity contribution in [1.82, 2.24) is 9.55 Å². The Hall–Kier alpha value is -2.10. The first-order valence-electron chi connectivity index (χ1n) is 6.56. The van der Waals surface area contributed by atoms with Crippen molar-refractivity contribution < 1.29 is 0 Å². The minimum absolute atomic E-state index is 0.0458. The van der Waals surface area contributed by atoms with Crippen LogP contribution in [0.3, 0.4) is 0 Å². The molecule has 1 heterocycles. The van der Waals surface area contributed by atoms with Crippen molar-refractivity contribution in [3.05, 3.63) is 58.1 Å². The molecule has 1 N–H and O–H groups in total. The van der Waals surface area contributed by atoms with Crippen molar-refractivity contribution in [3.8, 4) is 0 Å². The van der Waals surface area contributed by atoms with Gasteiger partial charge in [-0.1, -0.05) is 30.3 Å². The number of hydrogen-bond donors (Lipinski definition) is 1. The Bertz CT molecular complexity index is 590. The monoisotopic (exact) mass is 257 g/mol. The first-order chi connectivity index (χ1) is 9.22. The van der Waals surface area contributed by atoms with Gasteiger partial charge < -0.3 is 9.88 Å². The van der Waals surface area contributed by atoms with Crippen molar-refractivity contribution in [2.24, 2.45) is 0 Å². The van der Waals surface area contributed by atoms with Gasteiger partial charge in [0.1, 0.15) is 0 Å². The lowest BCUT2D eigenvalue weighted by molar-refractivity contribution is 0.691. The number of aryl methyl sites for hydroxylation is 1. The van der Waals surface area contributed by atoms with E-state index in [9.17, 15) is 4.79 Å². The third-order valence-corrected chi connectivity index (χ3v) is 3.12. The zero-order valence-corrected chi connectivity index (χ0v) is 11.4. The van der Waals surface area contributed by atoms with Crippen LogP contribution in [0.15, 0.2) is 41.3 Å². The number of hydrogen-bond acceptors (Lipinski definition) is 3. The van der Waals surface area contributed by atoms with Gasteiger partial charge in [-0.3, -0.25) is 4.79 Å². The Morgan fingerprint density at radius 1 is 1.26 bits per heavy atom. The molecule has 0 aliphatic rings. The highest BCUT2D eigenvalue weighted by molar-refractivity contribution is 5.32. The van der Waals surface area contributed by atoms with Crippen LogP contribution in [0.25, 0.3) is 0 Å². The molecule has 2 rings (SSSR count). The number of nitrogens with one attached hydrogen (secondary N) is 1. The topological polar surface area (TPSA) is 46.9 Å². The predicted molar refractivity (Wildman–Crippen MR) is 77.5 cm³/mol. The fraction of sp³-hybridized carbons (Fsp3) is 0.333. The molecule has 0 aliphatic heterocycles. The average molecular weight is 257 g/mol. The van der Waals surface area contributed by atoms with Gasteiger partial charge in [-0.25, -0.2) is 4.98 Å². The van der Waals surface area contributed by atoms with Crippen LogP contribution < -0.4 is 10.9 Å². The molecule has 2 aromatic rings. The summed E-state index contributed by atoms with van der Waals surface area (Å²) in [7, 11) is 0. The zero-order chi connectivity index (χ0) is 13.7. The highest BCUT2D eigenvalue weighted by atomic mass is 16.1. The van der Waals surface area contributed by atoms with Gasteiger partial charge in [0.25, 0.3) is 5.56 Å². The summed E-state index contributed by atoms with van der Waals surface area (Å²) in [5, 5.41) is 3.12. The number of benzene rings is 1. The van der Waals surface area contributed by atoms with Gasteiger partial charge in [0.05, 0.1) is 0 Å². The summed E-state index contributed by atoms with van der Waals surface area (Å²) in [5.74, 6) is 0.434. The van der Waals surface area contributed by atoms with Gasteiger partial charge in [-0.15, -0.1) is 0 Å². The van der Waals surface area contributed by atoms with Crippen LogP contribution in [0.5, 0.6) is 0 Å². The summed E-state index contributed by atoms with van der Waals surface area (Å²) >= 11 is 0. The summed E-state index contributed by atoms with van der Waals surface area (Å²) in [6.07, 6.45) is 2.61. The van der Waals surface area contributed by atoms with E-state index < -0.39 is 0 Å². The van der Waals surface area contributed by atoms with E-state index in [1.807, 2.05) is 32.0 Å². The molecule has 0 spiro atoms. The molecular formula is C15H19N3O. The van der Waals surface area contributed by atoms with Crippen LogP contribution in [0.1, 0.15) is 18.2 Å². The molecule has 0 atom stereocenters. The van der Waals surface area contributed by atoms with E-state index in [1.165, 1.54) is 5.56 Å². The molecule has 0 saturated carbocycles. The third kappa shape index (κ3) is 3.22. The van der Waals surface area contributed by atoms with E-state index >= 15 is 0 Å². The molecule has 0 aliphatic carbocycles. The van der Waals surface area contributed by atoms with Crippen LogP contribution in [0.2, 0.25) is 0 Å². The normalized spacial score (nSPS) is 10.4. The van der Waals surface area contributed by atoms with Crippen LogP contribution in [-0.2, 0) is 13.0 Å². The Kier molecular flexibility index (Phi) is 4.34. The van der Waals surface area contributed by atoms with Crippen LogP contribution in [0, 0.1) is 6.92 Å². The fourth-order valence-corrected chi connectivity index (χ4v) is 2.06. The quantitative estimate of drug-likeness (QED) is 0.893. The van der Waals surface area contributed by atoms with E-state index in [4.69, 9.17) is 0 Å². The number of rotatable bonds is 5. The maximum atomic E-state index is 12.1. The maximum absolute atomic E-state index is 12.1. The van der Waals surface area contributed by atoms with Gasteiger partial charge in [0.15, 0.2) is 5.82 Å². The van der Waals surface area contributed by atoms with Crippen LogP contribution >= 0.6 is 0 Å². The van der Waals surface area contributed by atoms with Crippen molar-refractivity contribution in [1.29, 1.82) is 0 Å². The van der Waals surface area contributed by atoms with Crippen molar-refractivity contribution >= 4 is 5.82 Å². The van der Waals surface area contributed by atoms with Gasteiger partial charge >= 0.3 is 0 Å². The number of anilines is 1. The Balaban J connectivity index is 2.03. The summed E-state index contributed by atoms with van der Waals surface area (Å²) in [6.45, 7) is 5.23.